The molecule has 4 nitrogen and oxygen atoms in total. The number of carbonyl (C=O) groups is 2. The quantitative estimate of drug-likeness (QED) is 0.649. The van der Waals surface area contributed by atoms with Crippen LogP contribution in [0.3, 0.4) is 0 Å². The van der Waals surface area contributed by atoms with E-state index in [0.29, 0.717) is 12.0 Å². The van der Waals surface area contributed by atoms with Crippen LogP contribution in [0.1, 0.15) is 42.6 Å². The van der Waals surface area contributed by atoms with Gasteiger partial charge in [-0.15, -0.1) is 0 Å². The van der Waals surface area contributed by atoms with E-state index in [2.05, 4.69) is 11.9 Å². The van der Waals surface area contributed by atoms with Crippen LogP contribution < -0.4 is 0 Å². The maximum atomic E-state index is 12.1. The lowest BCUT2D eigenvalue weighted by Gasteiger charge is -2.03. The molecular weight excluding hydrogens is 254 g/mol. The van der Waals surface area contributed by atoms with E-state index in [1.165, 1.54) is 5.56 Å². The van der Waals surface area contributed by atoms with Crippen LogP contribution in [0.4, 0.5) is 0 Å². The molecule has 1 aromatic heterocycles. The molecule has 106 valence electrons. The third-order valence-electron chi connectivity index (χ3n) is 3.30. The van der Waals surface area contributed by atoms with E-state index >= 15 is 0 Å². The molecule has 2 rings (SSSR count). The van der Waals surface area contributed by atoms with Gasteiger partial charge in [-0.1, -0.05) is 32.0 Å². The number of hydrogen-bond acceptors (Lipinski definition) is 3. The number of para-hydroxylation sites is 1. The summed E-state index contributed by atoms with van der Waals surface area (Å²) in [5.41, 5.74) is 2.74. The number of nitrogens with one attached hydrogen (secondary N) is 1. The summed E-state index contributed by atoms with van der Waals surface area (Å²) in [5.74, 6) is -0.496. The third kappa shape index (κ3) is 2.90. The Balaban J connectivity index is 2.17. The number of aromatic nitrogens is 1. The molecule has 0 fully saturated rings. The van der Waals surface area contributed by atoms with Gasteiger partial charge in [0.15, 0.2) is 6.61 Å². The zero-order chi connectivity index (χ0) is 14.5. The van der Waals surface area contributed by atoms with Crippen molar-refractivity contribution in [3.8, 4) is 0 Å². The second-order valence-electron chi connectivity index (χ2n) is 4.73. The Labute approximate surface area is 118 Å². The van der Waals surface area contributed by atoms with E-state index in [4.69, 9.17) is 4.74 Å². The van der Waals surface area contributed by atoms with Crippen molar-refractivity contribution in [3.05, 3.63) is 35.5 Å². The summed E-state index contributed by atoms with van der Waals surface area (Å²) in [6.07, 6.45) is 3.66. The molecule has 0 radical (unpaired) electrons. The first-order chi connectivity index (χ1) is 9.67. The topological polar surface area (TPSA) is 59.2 Å². The largest absolute Gasteiger partial charge is 0.457 e. The van der Waals surface area contributed by atoms with Gasteiger partial charge in [-0.25, -0.2) is 0 Å². The summed E-state index contributed by atoms with van der Waals surface area (Å²) < 4.78 is 4.97. The number of ether oxygens (including phenoxy) is 1. The summed E-state index contributed by atoms with van der Waals surface area (Å²) in [5, 5.41) is 0.890. The molecule has 2 aromatic rings. The average molecular weight is 273 g/mol. The Bertz CT molecular complexity index is 628. The van der Waals surface area contributed by atoms with Crippen molar-refractivity contribution >= 4 is 22.7 Å². The molecule has 0 aliphatic rings. The van der Waals surface area contributed by atoms with E-state index < -0.39 is 0 Å². The Morgan fingerprint density at radius 2 is 2.05 bits per heavy atom. The lowest BCUT2D eigenvalue weighted by Crippen LogP contribution is -2.13. The summed E-state index contributed by atoms with van der Waals surface area (Å²) in [6.45, 7) is 3.78. The van der Waals surface area contributed by atoms with Gasteiger partial charge in [0.05, 0.1) is 0 Å². The molecule has 1 heterocycles. The first-order valence-corrected chi connectivity index (χ1v) is 6.95. The number of benzene rings is 1. The van der Waals surface area contributed by atoms with Crippen LogP contribution in [-0.2, 0) is 16.0 Å². The zero-order valence-electron chi connectivity index (χ0n) is 11.9. The van der Waals surface area contributed by atoms with Gasteiger partial charge in [-0.2, -0.15) is 0 Å². The first-order valence-electron chi connectivity index (χ1n) is 6.95. The zero-order valence-corrected chi connectivity index (χ0v) is 11.9. The molecule has 1 aromatic carbocycles. The number of esters is 1. The number of Topliss-reactive ketones (excluding diaryl/α,β-unsaturated/α-hetero) is 1. The van der Waals surface area contributed by atoms with E-state index in [1.54, 1.807) is 6.20 Å². The SMILES string of the molecule is CCCC(=O)OCC(=O)c1c[nH]c2c(CC)cccc12. The standard InChI is InChI=1S/C16H19NO3/c1-3-6-15(19)20-10-14(18)13-9-17-16-11(4-2)7-5-8-12(13)16/h5,7-9,17H,3-4,6,10H2,1-2H3. The Hall–Kier alpha value is -2.10. The number of fused-ring (bicyclic) bond motifs is 1. The molecule has 0 atom stereocenters. The number of ketones is 1. The number of rotatable bonds is 6. The van der Waals surface area contributed by atoms with Crippen molar-refractivity contribution in [2.45, 2.75) is 33.1 Å². The molecule has 0 aliphatic carbocycles. The molecule has 0 unspecified atom stereocenters. The van der Waals surface area contributed by atoms with Crippen molar-refractivity contribution in [2.75, 3.05) is 6.61 Å². The van der Waals surface area contributed by atoms with Gasteiger partial charge < -0.3 is 9.72 Å². The fourth-order valence-corrected chi connectivity index (χ4v) is 2.24. The molecule has 0 saturated heterocycles. The fourth-order valence-electron chi connectivity index (χ4n) is 2.24. The average Bonchev–Trinajstić information content (AvgIpc) is 2.89. The van der Waals surface area contributed by atoms with Gasteiger partial charge in [0.2, 0.25) is 5.78 Å². The van der Waals surface area contributed by atoms with E-state index in [1.807, 2.05) is 25.1 Å². The minimum atomic E-state index is -0.324. The van der Waals surface area contributed by atoms with Crippen LogP contribution in [0.25, 0.3) is 10.9 Å². The maximum Gasteiger partial charge on any atom is 0.306 e. The van der Waals surface area contributed by atoms with Crippen molar-refractivity contribution in [1.82, 2.24) is 4.98 Å². The van der Waals surface area contributed by atoms with Crippen molar-refractivity contribution < 1.29 is 14.3 Å². The van der Waals surface area contributed by atoms with Crippen LogP contribution in [-0.4, -0.2) is 23.3 Å². The van der Waals surface area contributed by atoms with Gasteiger partial charge >= 0.3 is 5.97 Å². The molecule has 20 heavy (non-hydrogen) atoms. The summed E-state index contributed by atoms with van der Waals surface area (Å²) in [4.78, 5) is 26.6. The summed E-state index contributed by atoms with van der Waals surface area (Å²) in [7, 11) is 0. The van der Waals surface area contributed by atoms with Crippen LogP contribution in [0.5, 0.6) is 0 Å². The van der Waals surface area contributed by atoms with Crippen LogP contribution in [0.2, 0.25) is 0 Å². The molecule has 0 aliphatic heterocycles. The number of aryl methyl sites for hydroxylation is 1. The van der Waals surface area contributed by atoms with Crippen molar-refractivity contribution in [1.29, 1.82) is 0 Å². The van der Waals surface area contributed by atoms with E-state index in [9.17, 15) is 9.59 Å². The molecule has 0 amide bonds. The smallest absolute Gasteiger partial charge is 0.306 e. The second kappa shape index (κ2) is 6.37. The lowest BCUT2D eigenvalue weighted by molar-refractivity contribution is -0.142. The number of hydrogen-bond donors (Lipinski definition) is 1. The second-order valence-corrected chi connectivity index (χ2v) is 4.73. The van der Waals surface area contributed by atoms with Gasteiger partial charge in [0.25, 0.3) is 0 Å². The predicted octanol–water partition coefficient (Wildman–Crippen LogP) is 3.26. The molecule has 1 N–H and O–H groups in total. The predicted molar refractivity (Wildman–Crippen MR) is 77.9 cm³/mol. The van der Waals surface area contributed by atoms with Crippen LogP contribution >= 0.6 is 0 Å². The number of aromatic amines is 1. The van der Waals surface area contributed by atoms with Crippen LogP contribution in [0, 0.1) is 0 Å². The van der Waals surface area contributed by atoms with Gasteiger partial charge in [-0.3, -0.25) is 9.59 Å². The monoisotopic (exact) mass is 273 g/mol. The highest BCUT2D eigenvalue weighted by Crippen LogP contribution is 2.22. The molecule has 4 heteroatoms. The molecule has 0 spiro atoms. The Morgan fingerprint density at radius 3 is 2.75 bits per heavy atom. The summed E-state index contributed by atoms with van der Waals surface area (Å²) >= 11 is 0. The first kappa shape index (κ1) is 14.3. The minimum Gasteiger partial charge on any atom is -0.457 e. The molecule has 0 bridgehead atoms. The summed E-state index contributed by atoms with van der Waals surface area (Å²) in [6, 6.07) is 5.88. The third-order valence-corrected chi connectivity index (χ3v) is 3.30. The van der Waals surface area contributed by atoms with E-state index in [-0.39, 0.29) is 18.4 Å². The van der Waals surface area contributed by atoms with Gasteiger partial charge in [0, 0.05) is 29.1 Å². The highest BCUT2D eigenvalue weighted by Gasteiger charge is 2.15. The fraction of sp³-hybridized carbons (Fsp3) is 0.375. The van der Waals surface area contributed by atoms with Gasteiger partial charge in [-0.05, 0) is 18.4 Å². The molecule has 0 saturated carbocycles. The Morgan fingerprint density at radius 1 is 1.25 bits per heavy atom. The highest BCUT2D eigenvalue weighted by atomic mass is 16.5. The highest BCUT2D eigenvalue weighted by molar-refractivity contribution is 6.09. The van der Waals surface area contributed by atoms with Crippen molar-refractivity contribution in [2.24, 2.45) is 0 Å². The Kier molecular flexibility index (Phi) is 4.56. The number of carbonyl (C=O) groups excluding carboxylic acids is 2. The van der Waals surface area contributed by atoms with Gasteiger partial charge in [0.1, 0.15) is 0 Å². The normalized spacial score (nSPS) is 10.7. The maximum absolute atomic E-state index is 12.1. The lowest BCUT2D eigenvalue weighted by atomic mass is 10.1. The van der Waals surface area contributed by atoms with Crippen LogP contribution in [0.15, 0.2) is 24.4 Å². The molecular formula is C16H19NO3. The minimum absolute atomic E-state index is 0.172. The van der Waals surface area contributed by atoms with Crippen molar-refractivity contribution in [3.63, 3.8) is 0 Å². The number of H-pyrrole nitrogens is 1. The van der Waals surface area contributed by atoms with E-state index in [0.717, 1.165) is 23.7 Å².